The van der Waals surface area contributed by atoms with E-state index in [2.05, 4.69) is 5.32 Å². The Kier molecular flexibility index (Phi) is 8.87. The third-order valence-corrected chi connectivity index (χ3v) is 6.40. The minimum atomic E-state index is -3.83. The van der Waals surface area contributed by atoms with Gasteiger partial charge in [0.25, 0.3) is 0 Å². The first-order valence-electron chi connectivity index (χ1n) is 10.7. The summed E-state index contributed by atoms with van der Waals surface area (Å²) in [5.74, 6) is -0.471. The lowest BCUT2D eigenvalue weighted by atomic mass is 10.1. The number of carbonyl (C=O) groups is 2. The predicted molar refractivity (Wildman–Crippen MR) is 130 cm³/mol. The molecule has 0 aromatic heterocycles. The molecule has 0 saturated heterocycles. The van der Waals surface area contributed by atoms with Gasteiger partial charge in [-0.3, -0.25) is 13.9 Å². The monoisotopic (exact) mass is 475 g/mol. The Balaban J connectivity index is 2.44. The van der Waals surface area contributed by atoms with Gasteiger partial charge in [0, 0.05) is 13.1 Å². The number of likely N-dealkylation sites (N-methyl/N-ethyl adjacent to an activating group) is 1. The number of anilines is 1. The third-order valence-electron chi connectivity index (χ3n) is 5.27. The summed E-state index contributed by atoms with van der Waals surface area (Å²) in [6, 6.07) is 11.9. The van der Waals surface area contributed by atoms with Crippen molar-refractivity contribution < 1.29 is 22.7 Å². The molecule has 0 radical (unpaired) electrons. The Morgan fingerprint density at radius 1 is 1.06 bits per heavy atom. The molecule has 1 atom stereocenters. The Hall–Kier alpha value is -3.07. The van der Waals surface area contributed by atoms with Crippen molar-refractivity contribution in [1.29, 1.82) is 0 Å². The minimum Gasteiger partial charge on any atom is -0.495 e. The Labute approximate surface area is 196 Å². The average molecular weight is 476 g/mol. The summed E-state index contributed by atoms with van der Waals surface area (Å²) in [4.78, 5) is 27.5. The van der Waals surface area contributed by atoms with Crippen LogP contribution in [0.25, 0.3) is 0 Å². The van der Waals surface area contributed by atoms with Crippen LogP contribution in [-0.4, -0.2) is 57.6 Å². The lowest BCUT2D eigenvalue weighted by Crippen LogP contribution is -2.51. The molecule has 0 fully saturated rings. The largest absolute Gasteiger partial charge is 0.495 e. The second-order valence-electron chi connectivity index (χ2n) is 8.02. The number of methoxy groups -OCH3 is 1. The fourth-order valence-corrected chi connectivity index (χ4v) is 4.23. The lowest BCUT2D eigenvalue weighted by Gasteiger charge is -2.32. The summed E-state index contributed by atoms with van der Waals surface area (Å²) in [6.07, 6.45) is 1.04. The Morgan fingerprint density at radius 3 is 2.21 bits per heavy atom. The number of nitrogens with one attached hydrogen (secondary N) is 1. The molecule has 0 aliphatic carbocycles. The van der Waals surface area contributed by atoms with Gasteiger partial charge in [-0.25, -0.2) is 8.42 Å². The van der Waals surface area contributed by atoms with Crippen molar-refractivity contribution in [2.24, 2.45) is 0 Å². The van der Waals surface area contributed by atoms with Crippen LogP contribution >= 0.6 is 0 Å². The third kappa shape index (κ3) is 6.95. The highest BCUT2D eigenvalue weighted by atomic mass is 32.2. The molecule has 0 saturated carbocycles. The molecular formula is C24H33N3O5S. The van der Waals surface area contributed by atoms with Crippen molar-refractivity contribution in [3.63, 3.8) is 0 Å². The molecule has 0 aliphatic rings. The highest BCUT2D eigenvalue weighted by Crippen LogP contribution is 2.31. The van der Waals surface area contributed by atoms with Gasteiger partial charge in [-0.15, -0.1) is 0 Å². The first-order valence-corrected chi connectivity index (χ1v) is 12.6. The Bertz CT molecular complexity index is 1080. The number of ether oxygens (including phenoxy) is 1. The van der Waals surface area contributed by atoms with Gasteiger partial charge in [0.1, 0.15) is 18.3 Å². The topological polar surface area (TPSA) is 96.0 Å². The Morgan fingerprint density at radius 2 is 1.67 bits per heavy atom. The van der Waals surface area contributed by atoms with Crippen molar-refractivity contribution in [1.82, 2.24) is 10.2 Å². The highest BCUT2D eigenvalue weighted by Gasteiger charge is 2.31. The van der Waals surface area contributed by atoms with Gasteiger partial charge in [-0.05, 0) is 51.0 Å². The van der Waals surface area contributed by atoms with Gasteiger partial charge >= 0.3 is 0 Å². The second-order valence-corrected chi connectivity index (χ2v) is 9.93. The van der Waals surface area contributed by atoms with Crippen LogP contribution in [0.5, 0.6) is 5.75 Å². The fraction of sp³-hybridized carbons (Fsp3) is 0.417. The number of amides is 2. The smallest absolute Gasteiger partial charge is 0.244 e. The molecule has 33 heavy (non-hydrogen) atoms. The maximum absolute atomic E-state index is 13.5. The molecule has 0 spiro atoms. The molecule has 2 aromatic rings. The van der Waals surface area contributed by atoms with Gasteiger partial charge in [0.2, 0.25) is 21.8 Å². The minimum absolute atomic E-state index is 0.167. The molecule has 0 unspecified atom stereocenters. The molecule has 8 nitrogen and oxygen atoms in total. The van der Waals surface area contributed by atoms with E-state index in [1.807, 2.05) is 38.1 Å². The number of hydrogen-bond donors (Lipinski definition) is 1. The molecule has 2 aromatic carbocycles. The summed E-state index contributed by atoms with van der Waals surface area (Å²) in [5.41, 5.74) is 3.00. The zero-order valence-electron chi connectivity index (χ0n) is 20.1. The summed E-state index contributed by atoms with van der Waals surface area (Å²) in [5, 5.41) is 2.73. The van der Waals surface area contributed by atoms with Crippen molar-refractivity contribution >= 4 is 27.5 Å². The van der Waals surface area contributed by atoms with Crippen LogP contribution in [0, 0.1) is 13.8 Å². The number of benzene rings is 2. The van der Waals surface area contributed by atoms with Gasteiger partial charge in [0.05, 0.1) is 19.1 Å². The standard InChI is InChI=1S/C24H33N3O5S/c1-7-25-24(29)19(4)26(15-20-11-8-17(2)9-12-20)23(28)16-27(33(6,30)31)21-14-18(3)10-13-22(21)32-5/h8-14,19H,7,15-16H2,1-6H3,(H,25,29)/t19-/m1/s1. The van der Waals surface area contributed by atoms with Gasteiger partial charge in [-0.1, -0.05) is 35.9 Å². The van der Waals surface area contributed by atoms with E-state index in [-0.39, 0.29) is 18.1 Å². The second kappa shape index (κ2) is 11.2. The SMILES string of the molecule is CCNC(=O)[C@@H](C)N(Cc1ccc(C)cc1)C(=O)CN(c1cc(C)ccc1OC)S(C)(=O)=O. The van der Waals surface area contributed by atoms with E-state index < -0.39 is 28.5 Å². The van der Waals surface area contributed by atoms with Crippen LogP contribution in [0.2, 0.25) is 0 Å². The van der Waals surface area contributed by atoms with E-state index in [9.17, 15) is 18.0 Å². The molecule has 0 aliphatic heterocycles. The van der Waals surface area contributed by atoms with Crippen LogP contribution in [0.15, 0.2) is 42.5 Å². The number of rotatable bonds is 10. The first-order chi connectivity index (χ1) is 15.5. The van der Waals surface area contributed by atoms with Crippen LogP contribution in [0.3, 0.4) is 0 Å². The summed E-state index contributed by atoms with van der Waals surface area (Å²) >= 11 is 0. The number of carbonyl (C=O) groups excluding carboxylic acids is 2. The number of nitrogens with zero attached hydrogens (tertiary/aromatic N) is 2. The van der Waals surface area contributed by atoms with Crippen molar-refractivity contribution in [3.8, 4) is 5.75 Å². The maximum Gasteiger partial charge on any atom is 0.244 e. The summed E-state index contributed by atoms with van der Waals surface area (Å²) < 4.78 is 31.8. The van der Waals surface area contributed by atoms with Gasteiger partial charge < -0.3 is 15.0 Å². The average Bonchev–Trinajstić information content (AvgIpc) is 2.75. The summed E-state index contributed by atoms with van der Waals surface area (Å²) in [7, 11) is -2.38. The van der Waals surface area contributed by atoms with Crippen LogP contribution in [-0.2, 0) is 26.2 Å². The maximum atomic E-state index is 13.5. The van der Waals surface area contributed by atoms with E-state index in [1.165, 1.54) is 12.0 Å². The molecule has 180 valence electrons. The number of aryl methyl sites for hydroxylation is 2. The highest BCUT2D eigenvalue weighted by molar-refractivity contribution is 7.92. The number of sulfonamides is 1. The van der Waals surface area contributed by atoms with Crippen LogP contribution < -0.4 is 14.4 Å². The van der Waals surface area contributed by atoms with E-state index in [0.29, 0.717) is 12.3 Å². The zero-order valence-corrected chi connectivity index (χ0v) is 20.9. The van der Waals surface area contributed by atoms with E-state index >= 15 is 0 Å². The van der Waals surface area contributed by atoms with Crippen LogP contribution in [0.4, 0.5) is 5.69 Å². The molecule has 1 N–H and O–H groups in total. The van der Waals surface area contributed by atoms with Crippen molar-refractivity contribution in [3.05, 3.63) is 59.2 Å². The van der Waals surface area contributed by atoms with E-state index in [1.54, 1.807) is 32.0 Å². The van der Waals surface area contributed by atoms with Crippen molar-refractivity contribution in [2.75, 3.05) is 30.8 Å². The first kappa shape index (κ1) is 26.2. The van der Waals surface area contributed by atoms with E-state index in [4.69, 9.17) is 4.74 Å². The van der Waals surface area contributed by atoms with Crippen molar-refractivity contribution in [2.45, 2.75) is 40.3 Å². The molecule has 0 heterocycles. The zero-order chi connectivity index (χ0) is 24.8. The molecule has 0 bridgehead atoms. The molecule has 2 rings (SSSR count). The van der Waals surface area contributed by atoms with Gasteiger partial charge in [0.15, 0.2) is 0 Å². The van der Waals surface area contributed by atoms with Gasteiger partial charge in [-0.2, -0.15) is 0 Å². The molecule has 9 heteroatoms. The fourth-order valence-electron chi connectivity index (χ4n) is 3.38. The van der Waals surface area contributed by atoms with Crippen LogP contribution in [0.1, 0.15) is 30.5 Å². The predicted octanol–water partition coefficient (Wildman–Crippen LogP) is 2.63. The lowest BCUT2D eigenvalue weighted by molar-refractivity contribution is -0.139. The van der Waals surface area contributed by atoms with E-state index in [0.717, 1.165) is 27.3 Å². The summed E-state index contributed by atoms with van der Waals surface area (Å²) in [6.45, 7) is 7.34. The normalized spacial score (nSPS) is 12.1. The quantitative estimate of drug-likeness (QED) is 0.570. The molecule has 2 amide bonds. The number of hydrogen-bond acceptors (Lipinski definition) is 5. The molecular weight excluding hydrogens is 442 g/mol.